The van der Waals surface area contributed by atoms with Crippen LogP contribution in [0.1, 0.15) is 17.5 Å². The summed E-state index contributed by atoms with van der Waals surface area (Å²) in [6, 6.07) is 2.13. The molecule has 0 bridgehead atoms. The van der Waals surface area contributed by atoms with Gasteiger partial charge in [-0.3, -0.25) is 0 Å². The van der Waals surface area contributed by atoms with Crippen LogP contribution >= 0.6 is 11.8 Å². The zero-order valence-corrected chi connectivity index (χ0v) is 9.03. The number of anilines is 1. The van der Waals surface area contributed by atoms with E-state index in [1.807, 2.05) is 24.9 Å². The van der Waals surface area contributed by atoms with Gasteiger partial charge in [-0.05, 0) is 42.9 Å². The van der Waals surface area contributed by atoms with Crippen molar-refractivity contribution in [3.63, 3.8) is 0 Å². The Morgan fingerprint density at radius 2 is 2.31 bits per heavy atom. The summed E-state index contributed by atoms with van der Waals surface area (Å²) in [5.74, 6) is 1.87. The van der Waals surface area contributed by atoms with Gasteiger partial charge in [0.25, 0.3) is 0 Å². The molecule has 0 radical (unpaired) electrons. The first kappa shape index (κ1) is 10.4. The number of nitrogen functional groups attached to an aromatic ring is 1. The summed E-state index contributed by atoms with van der Waals surface area (Å²) >= 11 is 1.87. The number of rotatable bonds is 4. The van der Waals surface area contributed by atoms with Crippen LogP contribution in [0, 0.1) is 6.92 Å². The van der Waals surface area contributed by atoms with Gasteiger partial charge in [-0.25, -0.2) is 4.98 Å². The third-order valence-corrected chi connectivity index (χ3v) is 2.63. The number of hydrogen-bond donors (Lipinski definition) is 1. The average molecular weight is 196 g/mol. The minimum Gasteiger partial charge on any atom is -0.383 e. The highest BCUT2D eigenvalue weighted by Gasteiger charge is 1.99. The lowest BCUT2D eigenvalue weighted by molar-refractivity contribution is 0.927. The van der Waals surface area contributed by atoms with E-state index in [-0.39, 0.29) is 0 Å². The van der Waals surface area contributed by atoms with Crippen molar-refractivity contribution in [1.82, 2.24) is 4.98 Å². The number of thioether (sulfide) groups is 1. The van der Waals surface area contributed by atoms with E-state index in [0.29, 0.717) is 5.82 Å². The summed E-state index contributed by atoms with van der Waals surface area (Å²) in [4.78, 5) is 4.13. The van der Waals surface area contributed by atoms with E-state index in [1.165, 1.54) is 23.3 Å². The monoisotopic (exact) mass is 196 g/mol. The van der Waals surface area contributed by atoms with E-state index in [2.05, 4.69) is 17.3 Å². The van der Waals surface area contributed by atoms with Crippen LogP contribution < -0.4 is 5.73 Å². The lowest BCUT2D eigenvalue weighted by Gasteiger charge is -2.04. The van der Waals surface area contributed by atoms with Gasteiger partial charge in [-0.1, -0.05) is 6.07 Å². The molecule has 0 aromatic carbocycles. The van der Waals surface area contributed by atoms with Crippen LogP contribution in [-0.2, 0) is 6.42 Å². The van der Waals surface area contributed by atoms with Crippen LogP contribution in [-0.4, -0.2) is 17.0 Å². The smallest absolute Gasteiger partial charge is 0.126 e. The number of hydrogen-bond acceptors (Lipinski definition) is 3. The lowest BCUT2D eigenvalue weighted by atomic mass is 10.1. The van der Waals surface area contributed by atoms with Crippen LogP contribution in [0.15, 0.2) is 12.3 Å². The lowest BCUT2D eigenvalue weighted by Crippen LogP contribution is -1.99. The van der Waals surface area contributed by atoms with Crippen molar-refractivity contribution in [2.45, 2.75) is 19.8 Å². The highest BCUT2D eigenvalue weighted by atomic mass is 32.2. The number of aryl methyl sites for hydroxylation is 2. The molecule has 1 rings (SSSR count). The van der Waals surface area contributed by atoms with Gasteiger partial charge in [-0.15, -0.1) is 0 Å². The van der Waals surface area contributed by atoms with Crippen LogP contribution in [0.2, 0.25) is 0 Å². The maximum atomic E-state index is 5.75. The molecule has 0 unspecified atom stereocenters. The molecule has 0 amide bonds. The fourth-order valence-electron chi connectivity index (χ4n) is 1.25. The predicted molar refractivity (Wildman–Crippen MR) is 60.1 cm³/mol. The molecular weight excluding hydrogens is 180 g/mol. The Kier molecular flexibility index (Phi) is 4.09. The largest absolute Gasteiger partial charge is 0.383 e. The van der Waals surface area contributed by atoms with Gasteiger partial charge in [0.15, 0.2) is 0 Å². The number of nitrogens with zero attached hydrogens (tertiary/aromatic N) is 1. The Bertz CT molecular complexity index is 274. The fourth-order valence-corrected chi connectivity index (χ4v) is 1.68. The summed E-state index contributed by atoms with van der Waals surface area (Å²) in [7, 11) is 0. The van der Waals surface area contributed by atoms with Crippen LogP contribution in [0.25, 0.3) is 0 Å². The van der Waals surface area contributed by atoms with E-state index >= 15 is 0 Å². The molecule has 2 nitrogen and oxygen atoms in total. The molecule has 13 heavy (non-hydrogen) atoms. The van der Waals surface area contributed by atoms with Crippen molar-refractivity contribution in [3.8, 4) is 0 Å². The molecule has 1 aromatic rings. The summed E-state index contributed by atoms with van der Waals surface area (Å²) in [6.07, 6.45) is 6.16. The Morgan fingerprint density at radius 1 is 1.54 bits per heavy atom. The molecule has 0 saturated heterocycles. The SMILES string of the molecule is CSCCCc1cc(C)cnc1N. The van der Waals surface area contributed by atoms with Gasteiger partial charge >= 0.3 is 0 Å². The van der Waals surface area contributed by atoms with E-state index < -0.39 is 0 Å². The first-order valence-electron chi connectivity index (χ1n) is 4.44. The molecule has 0 saturated carbocycles. The summed E-state index contributed by atoms with van der Waals surface area (Å²) in [5, 5.41) is 0. The van der Waals surface area contributed by atoms with Gasteiger partial charge in [0.2, 0.25) is 0 Å². The first-order chi connectivity index (χ1) is 6.24. The molecule has 0 fully saturated rings. The van der Waals surface area contributed by atoms with Gasteiger partial charge in [0.05, 0.1) is 0 Å². The highest BCUT2D eigenvalue weighted by Crippen LogP contribution is 2.13. The Hall–Kier alpha value is -0.700. The van der Waals surface area contributed by atoms with Gasteiger partial charge in [0, 0.05) is 6.20 Å². The van der Waals surface area contributed by atoms with Crippen molar-refractivity contribution in [3.05, 3.63) is 23.4 Å². The molecule has 3 heteroatoms. The maximum Gasteiger partial charge on any atom is 0.126 e. The van der Waals surface area contributed by atoms with E-state index in [0.717, 1.165) is 6.42 Å². The molecule has 0 aliphatic carbocycles. The van der Waals surface area contributed by atoms with Crippen molar-refractivity contribution in [2.75, 3.05) is 17.7 Å². The van der Waals surface area contributed by atoms with Crippen LogP contribution in [0.3, 0.4) is 0 Å². The predicted octanol–water partition coefficient (Wildman–Crippen LogP) is 2.27. The summed E-state index contributed by atoms with van der Waals surface area (Å²) in [5.41, 5.74) is 8.13. The molecular formula is C10H16N2S. The Morgan fingerprint density at radius 3 is 3.00 bits per heavy atom. The zero-order valence-electron chi connectivity index (χ0n) is 8.21. The average Bonchev–Trinajstić information content (AvgIpc) is 2.11. The van der Waals surface area contributed by atoms with Gasteiger partial charge in [-0.2, -0.15) is 11.8 Å². The Labute approximate surface area is 83.9 Å². The van der Waals surface area contributed by atoms with Crippen molar-refractivity contribution >= 4 is 17.6 Å². The number of aromatic nitrogens is 1. The number of pyridine rings is 1. The van der Waals surface area contributed by atoms with Gasteiger partial charge in [0.1, 0.15) is 5.82 Å². The van der Waals surface area contributed by atoms with E-state index in [9.17, 15) is 0 Å². The van der Waals surface area contributed by atoms with Crippen molar-refractivity contribution in [1.29, 1.82) is 0 Å². The topological polar surface area (TPSA) is 38.9 Å². The summed E-state index contributed by atoms with van der Waals surface area (Å²) in [6.45, 7) is 2.05. The molecule has 2 N–H and O–H groups in total. The highest BCUT2D eigenvalue weighted by molar-refractivity contribution is 7.98. The van der Waals surface area contributed by atoms with Crippen molar-refractivity contribution < 1.29 is 0 Å². The quantitative estimate of drug-likeness (QED) is 0.751. The third kappa shape index (κ3) is 3.27. The minimum absolute atomic E-state index is 0.687. The second-order valence-electron chi connectivity index (χ2n) is 3.15. The molecule has 0 atom stereocenters. The molecule has 0 aliphatic heterocycles. The molecule has 0 spiro atoms. The second-order valence-corrected chi connectivity index (χ2v) is 4.14. The molecule has 0 aliphatic rings. The van der Waals surface area contributed by atoms with Crippen LogP contribution in [0.4, 0.5) is 5.82 Å². The van der Waals surface area contributed by atoms with Crippen molar-refractivity contribution in [2.24, 2.45) is 0 Å². The zero-order chi connectivity index (χ0) is 9.68. The standard InChI is InChI=1S/C10H16N2S/c1-8-6-9(4-3-5-13-2)10(11)12-7-8/h6-7H,3-5H2,1-2H3,(H2,11,12). The first-order valence-corrected chi connectivity index (χ1v) is 5.83. The second kappa shape index (κ2) is 5.12. The normalized spacial score (nSPS) is 10.3. The van der Waals surface area contributed by atoms with E-state index in [1.54, 1.807) is 0 Å². The third-order valence-electron chi connectivity index (χ3n) is 1.93. The maximum absolute atomic E-state index is 5.75. The molecule has 1 heterocycles. The molecule has 1 aromatic heterocycles. The van der Waals surface area contributed by atoms with E-state index in [4.69, 9.17) is 5.73 Å². The molecule has 72 valence electrons. The van der Waals surface area contributed by atoms with Gasteiger partial charge < -0.3 is 5.73 Å². The Balaban J connectivity index is 2.59. The fraction of sp³-hybridized carbons (Fsp3) is 0.500. The summed E-state index contributed by atoms with van der Waals surface area (Å²) < 4.78 is 0. The number of nitrogens with two attached hydrogens (primary N) is 1. The minimum atomic E-state index is 0.687. The van der Waals surface area contributed by atoms with Crippen LogP contribution in [0.5, 0.6) is 0 Å².